The Morgan fingerprint density at radius 1 is 0.889 bits per heavy atom. The Labute approximate surface area is 163 Å². The SMILES string of the molecule is CC(C)N(C)CC(=O)N1CCN(C(c2ccccc2)c2ccccc2)CC1. The van der Waals surface area contributed by atoms with E-state index in [2.05, 4.69) is 84.3 Å². The molecule has 0 bridgehead atoms. The van der Waals surface area contributed by atoms with Crippen molar-refractivity contribution >= 4 is 5.91 Å². The van der Waals surface area contributed by atoms with Gasteiger partial charge in [-0.1, -0.05) is 60.7 Å². The predicted molar refractivity (Wildman–Crippen MR) is 111 cm³/mol. The van der Waals surface area contributed by atoms with Gasteiger partial charge < -0.3 is 4.90 Å². The second-order valence-corrected chi connectivity index (χ2v) is 7.65. The van der Waals surface area contributed by atoms with E-state index >= 15 is 0 Å². The highest BCUT2D eigenvalue weighted by atomic mass is 16.2. The molecule has 0 aromatic heterocycles. The van der Waals surface area contributed by atoms with Crippen molar-refractivity contribution in [2.75, 3.05) is 39.8 Å². The van der Waals surface area contributed by atoms with Crippen molar-refractivity contribution in [1.82, 2.24) is 14.7 Å². The number of hydrogen-bond donors (Lipinski definition) is 0. The van der Waals surface area contributed by atoms with Crippen LogP contribution in [0.3, 0.4) is 0 Å². The van der Waals surface area contributed by atoms with Crippen molar-refractivity contribution in [2.24, 2.45) is 0 Å². The lowest BCUT2D eigenvalue weighted by atomic mass is 9.96. The van der Waals surface area contributed by atoms with E-state index in [1.807, 2.05) is 11.9 Å². The highest BCUT2D eigenvalue weighted by molar-refractivity contribution is 5.78. The first-order valence-corrected chi connectivity index (χ1v) is 9.88. The van der Waals surface area contributed by atoms with Gasteiger partial charge in [-0.05, 0) is 32.0 Å². The average molecular weight is 366 g/mol. The first-order chi connectivity index (χ1) is 13.1. The van der Waals surface area contributed by atoms with Crippen LogP contribution in [0, 0.1) is 0 Å². The number of rotatable bonds is 6. The minimum atomic E-state index is 0.238. The maximum Gasteiger partial charge on any atom is 0.236 e. The molecule has 4 heteroatoms. The summed E-state index contributed by atoms with van der Waals surface area (Å²) in [6, 6.07) is 22.0. The van der Waals surface area contributed by atoms with Crippen LogP contribution in [-0.4, -0.2) is 66.4 Å². The summed E-state index contributed by atoms with van der Waals surface area (Å²) in [5, 5.41) is 0. The third-order valence-corrected chi connectivity index (χ3v) is 5.53. The van der Waals surface area contributed by atoms with Gasteiger partial charge in [-0.2, -0.15) is 0 Å². The molecule has 1 saturated heterocycles. The minimum absolute atomic E-state index is 0.238. The smallest absolute Gasteiger partial charge is 0.236 e. The highest BCUT2D eigenvalue weighted by Gasteiger charge is 2.28. The highest BCUT2D eigenvalue weighted by Crippen LogP contribution is 2.29. The second-order valence-electron chi connectivity index (χ2n) is 7.65. The fourth-order valence-electron chi connectivity index (χ4n) is 3.61. The van der Waals surface area contributed by atoms with Crippen LogP contribution in [0.2, 0.25) is 0 Å². The third-order valence-electron chi connectivity index (χ3n) is 5.53. The zero-order valence-corrected chi connectivity index (χ0v) is 16.7. The number of hydrogen-bond acceptors (Lipinski definition) is 3. The largest absolute Gasteiger partial charge is 0.339 e. The van der Waals surface area contributed by atoms with Crippen LogP contribution in [-0.2, 0) is 4.79 Å². The number of carbonyl (C=O) groups excluding carboxylic acids is 1. The fraction of sp³-hybridized carbons (Fsp3) is 0.435. The summed E-state index contributed by atoms with van der Waals surface area (Å²) in [4.78, 5) is 19.2. The lowest BCUT2D eigenvalue weighted by molar-refractivity contribution is -0.134. The molecule has 0 saturated carbocycles. The van der Waals surface area contributed by atoms with Gasteiger partial charge in [0.25, 0.3) is 0 Å². The van der Waals surface area contributed by atoms with E-state index in [4.69, 9.17) is 0 Å². The van der Waals surface area contributed by atoms with E-state index < -0.39 is 0 Å². The number of amides is 1. The van der Waals surface area contributed by atoms with Gasteiger partial charge in [0.15, 0.2) is 0 Å². The van der Waals surface area contributed by atoms with E-state index in [9.17, 15) is 4.79 Å². The lowest BCUT2D eigenvalue weighted by Gasteiger charge is -2.40. The van der Waals surface area contributed by atoms with Gasteiger partial charge in [0.05, 0.1) is 12.6 Å². The van der Waals surface area contributed by atoms with Crippen LogP contribution < -0.4 is 0 Å². The molecule has 1 aliphatic rings. The summed E-state index contributed by atoms with van der Waals surface area (Å²) in [6.45, 7) is 8.11. The summed E-state index contributed by atoms with van der Waals surface area (Å²) in [5.41, 5.74) is 2.62. The van der Waals surface area contributed by atoms with Gasteiger partial charge in [-0.15, -0.1) is 0 Å². The van der Waals surface area contributed by atoms with Crippen molar-refractivity contribution in [3.8, 4) is 0 Å². The summed E-state index contributed by atoms with van der Waals surface area (Å²) < 4.78 is 0. The minimum Gasteiger partial charge on any atom is -0.339 e. The molecular formula is C23H31N3O. The van der Waals surface area contributed by atoms with Crippen LogP contribution in [0.5, 0.6) is 0 Å². The monoisotopic (exact) mass is 365 g/mol. The molecule has 1 heterocycles. The maximum absolute atomic E-state index is 12.6. The Bertz CT molecular complexity index is 669. The van der Waals surface area contributed by atoms with Crippen molar-refractivity contribution in [1.29, 1.82) is 0 Å². The molecule has 1 amide bonds. The molecule has 1 aliphatic heterocycles. The van der Waals surface area contributed by atoms with Gasteiger partial charge >= 0.3 is 0 Å². The zero-order valence-electron chi connectivity index (χ0n) is 16.7. The van der Waals surface area contributed by atoms with Gasteiger partial charge in [-0.25, -0.2) is 0 Å². The van der Waals surface area contributed by atoms with Crippen molar-refractivity contribution < 1.29 is 4.79 Å². The molecule has 2 aromatic rings. The lowest BCUT2D eigenvalue weighted by Crippen LogP contribution is -2.52. The molecule has 27 heavy (non-hydrogen) atoms. The maximum atomic E-state index is 12.6. The quantitative estimate of drug-likeness (QED) is 0.786. The van der Waals surface area contributed by atoms with E-state index in [0.717, 1.165) is 26.2 Å². The summed E-state index contributed by atoms with van der Waals surface area (Å²) in [6.07, 6.45) is 0. The topological polar surface area (TPSA) is 26.8 Å². The van der Waals surface area contributed by atoms with Gasteiger partial charge in [0, 0.05) is 32.2 Å². The van der Waals surface area contributed by atoms with Gasteiger partial charge in [-0.3, -0.25) is 14.6 Å². The van der Waals surface area contributed by atoms with Crippen molar-refractivity contribution in [3.63, 3.8) is 0 Å². The molecule has 0 atom stereocenters. The molecule has 0 spiro atoms. The first-order valence-electron chi connectivity index (χ1n) is 9.88. The van der Waals surface area contributed by atoms with E-state index in [0.29, 0.717) is 12.6 Å². The van der Waals surface area contributed by atoms with E-state index in [1.54, 1.807) is 0 Å². The Balaban J connectivity index is 1.69. The molecule has 1 fully saturated rings. The standard InChI is InChI=1S/C23H31N3O/c1-19(2)24(3)18-22(27)25-14-16-26(17-15-25)23(20-10-6-4-7-11-20)21-12-8-5-9-13-21/h4-13,19,23H,14-18H2,1-3H3. The molecule has 0 aliphatic carbocycles. The number of likely N-dealkylation sites (N-methyl/N-ethyl adjacent to an activating group) is 1. The Morgan fingerprint density at radius 2 is 1.37 bits per heavy atom. The number of nitrogens with zero attached hydrogens (tertiary/aromatic N) is 3. The summed E-state index contributed by atoms with van der Waals surface area (Å²) in [7, 11) is 2.01. The number of piperazine rings is 1. The Kier molecular flexibility index (Phi) is 6.64. The first kappa shape index (κ1) is 19.6. The normalized spacial score (nSPS) is 15.7. The van der Waals surface area contributed by atoms with Crippen LogP contribution in [0.1, 0.15) is 31.0 Å². The Hall–Kier alpha value is -2.17. The van der Waals surface area contributed by atoms with Crippen LogP contribution >= 0.6 is 0 Å². The second kappa shape index (κ2) is 9.16. The van der Waals surface area contributed by atoms with Crippen molar-refractivity contribution in [2.45, 2.75) is 25.9 Å². The van der Waals surface area contributed by atoms with Gasteiger partial charge in [0.1, 0.15) is 0 Å². The van der Waals surface area contributed by atoms with Crippen LogP contribution in [0.25, 0.3) is 0 Å². The molecule has 4 nitrogen and oxygen atoms in total. The fourth-order valence-corrected chi connectivity index (χ4v) is 3.61. The summed E-state index contributed by atoms with van der Waals surface area (Å²) in [5.74, 6) is 0.238. The summed E-state index contributed by atoms with van der Waals surface area (Å²) >= 11 is 0. The van der Waals surface area contributed by atoms with E-state index in [1.165, 1.54) is 11.1 Å². The van der Waals surface area contributed by atoms with Crippen LogP contribution in [0.4, 0.5) is 0 Å². The average Bonchev–Trinajstić information content (AvgIpc) is 2.70. The number of carbonyl (C=O) groups is 1. The molecule has 0 radical (unpaired) electrons. The van der Waals surface area contributed by atoms with Gasteiger partial charge in [0.2, 0.25) is 5.91 Å². The Morgan fingerprint density at radius 3 is 1.81 bits per heavy atom. The van der Waals surface area contributed by atoms with Crippen molar-refractivity contribution in [3.05, 3.63) is 71.8 Å². The molecule has 3 rings (SSSR count). The molecule has 144 valence electrons. The zero-order chi connectivity index (χ0) is 19.2. The molecular weight excluding hydrogens is 334 g/mol. The molecule has 2 aromatic carbocycles. The number of benzene rings is 2. The third kappa shape index (κ3) is 4.96. The molecule has 0 unspecified atom stereocenters. The van der Waals surface area contributed by atoms with E-state index in [-0.39, 0.29) is 11.9 Å². The predicted octanol–water partition coefficient (Wildman–Crippen LogP) is 3.26. The molecule has 0 N–H and O–H groups in total. The van der Waals surface area contributed by atoms with Crippen LogP contribution in [0.15, 0.2) is 60.7 Å².